The lowest BCUT2D eigenvalue weighted by molar-refractivity contribution is 0.741. The minimum atomic E-state index is 0.162. The summed E-state index contributed by atoms with van der Waals surface area (Å²) in [5.41, 5.74) is 1.01. The van der Waals surface area contributed by atoms with Crippen molar-refractivity contribution in [2.75, 3.05) is 24.2 Å². The molecule has 0 aliphatic rings. The van der Waals surface area contributed by atoms with Gasteiger partial charge in [-0.15, -0.1) is 0 Å². The molecule has 0 aromatic carbocycles. The Hall–Kier alpha value is -1.89. The van der Waals surface area contributed by atoms with Gasteiger partial charge in [0.1, 0.15) is 0 Å². The van der Waals surface area contributed by atoms with Gasteiger partial charge >= 0.3 is 0 Å². The van der Waals surface area contributed by atoms with Crippen LogP contribution in [0.2, 0.25) is 5.28 Å². The maximum absolute atomic E-state index is 5.77. The molecule has 0 saturated heterocycles. The molecule has 0 radical (unpaired) electrons. The Balaban J connectivity index is 1.91. The molecule has 0 spiro atoms. The fourth-order valence-corrected chi connectivity index (χ4v) is 1.60. The third-order valence-electron chi connectivity index (χ3n) is 2.26. The van der Waals surface area contributed by atoms with Crippen LogP contribution in [0.15, 0.2) is 12.3 Å². The van der Waals surface area contributed by atoms with Gasteiger partial charge in [-0.25, -0.2) is 0 Å². The van der Waals surface area contributed by atoms with Crippen molar-refractivity contribution in [3.8, 4) is 0 Å². The van der Waals surface area contributed by atoms with Crippen LogP contribution in [-0.4, -0.2) is 38.3 Å². The summed E-state index contributed by atoms with van der Waals surface area (Å²) in [6, 6.07) is 1.97. The third kappa shape index (κ3) is 3.30. The molecular formula is C10H14ClN7. The zero-order valence-corrected chi connectivity index (χ0v) is 10.9. The maximum Gasteiger partial charge on any atom is 0.228 e. The highest BCUT2D eigenvalue weighted by Gasteiger charge is 2.03. The molecule has 2 rings (SSSR count). The zero-order valence-electron chi connectivity index (χ0n) is 10.2. The van der Waals surface area contributed by atoms with Crippen molar-refractivity contribution in [3.05, 3.63) is 23.2 Å². The highest BCUT2D eigenvalue weighted by Crippen LogP contribution is 2.08. The number of halogens is 1. The van der Waals surface area contributed by atoms with Crippen LogP contribution in [-0.2, 0) is 13.5 Å². The molecule has 7 nitrogen and oxygen atoms in total. The van der Waals surface area contributed by atoms with E-state index < -0.39 is 0 Å². The topological polar surface area (TPSA) is 80.5 Å². The van der Waals surface area contributed by atoms with Crippen LogP contribution < -0.4 is 10.6 Å². The van der Waals surface area contributed by atoms with E-state index in [0.717, 1.165) is 12.1 Å². The van der Waals surface area contributed by atoms with Crippen LogP contribution in [0.1, 0.15) is 5.69 Å². The van der Waals surface area contributed by atoms with E-state index in [0.29, 0.717) is 18.4 Å². The number of aryl methyl sites for hydroxylation is 1. The largest absolute Gasteiger partial charge is 0.357 e. The van der Waals surface area contributed by atoms with Gasteiger partial charge in [-0.3, -0.25) is 4.68 Å². The van der Waals surface area contributed by atoms with E-state index in [1.807, 2.05) is 19.3 Å². The average molecular weight is 268 g/mol. The van der Waals surface area contributed by atoms with Crippen molar-refractivity contribution in [3.63, 3.8) is 0 Å². The molecule has 8 heteroatoms. The van der Waals surface area contributed by atoms with Crippen LogP contribution in [0.25, 0.3) is 0 Å². The van der Waals surface area contributed by atoms with Gasteiger partial charge in [0.2, 0.25) is 17.2 Å². The molecule has 2 N–H and O–H groups in total. The summed E-state index contributed by atoms with van der Waals surface area (Å²) in [5.74, 6) is 0.894. The van der Waals surface area contributed by atoms with Gasteiger partial charge in [-0.05, 0) is 17.7 Å². The van der Waals surface area contributed by atoms with E-state index in [4.69, 9.17) is 11.6 Å². The van der Waals surface area contributed by atoms with Crippen molar-refractivity contribution in [1.29, 1.82) is 0 Å². The van der Waals surface area contributed by atoms with E-state index in [1.165, 1.54) is 0 Å². The molecule has 96 valence electrons. The number of nitrogens with one attached hydrogen (secondary N) is 2. The van der Waals surface area contributed by atoms with E-state index in [2.05, 4.69) is 30.7 Å². The molecule has 18 heavy (non-hydrogen) atoms. The Morgan fingerprint density at radius 2 is 2.06 bits per heavy atom. The van der Waals surface area contributed by atoms with Gasteiger partial charge in [-0.1, -0.05) is 0 Å². The summed E-state index contributed by atoms with van der Waals surface area (Å²) >= 11 is 5.77. The molecular weight excluding hydrogens is 254 g/mol. The van der Waals surface area contributed by atoms with Gasteiger partial charge in [0.05, 0.1) is 5.69 Å². The van der Waals surface area contributed by atoms with Crippen molar-refractivity contribution in [1.82, 2.24) is 24.7 Å². The number of hydrogen-bond acceptors (Lipinski definition) is 6. The molecule has 0 atom stereocenters. The van der Waals surface area contributed by atoms with E-state index >= 15 is 0 Å². The van der Waals surface area contributed by atoms with Crippen LogP contribution in [0, 0.1) is 0 Å². The Labute approximate surface area is 110 Å². The highest BCUT2D eigenvalue weighted by molar-refractivity contribution is 6.28. The highest BCUT2D eigenvalue weighted by atomic mass is 35.5. The van der Waals surface area contributed by atoms with Crippen LogP contribution >= 0.6 is 11.6 Å². The molecule has 0 unspecified atom stereocenters. The van der Waals surface area contributed by atoms with Gasteiger partial charge in [0.25, 0.3) is 0 Å². The molecule has 0 fully saturated rings. The lowest BCUT2D eigenvalue weighted by Crippen LogP contribution is -2.10. The minimum Gasteiger partial charge on any atom is -0.357 e. The molecule has 0 aliphatic carbocycles. The molecule has 2 aromatic heterocycles. The Kier molecular flexibility index (Phi) is 3.93. The first-order valence-electron chi connectivity index (χ1n) is 5.49. The summed E-state index contributed by atoms with van der Waals surface area (Å²) in [6.45, 7) is 0.681. The zero-order chi connectivity index (χ0) is 13.0. The second kappa shape index (κ2) is 5.63. The molecule has 0 bridgehead atoms. The Bertz CT molecular complexity index is 525. The third-order valence-corrected chi connectivity index (χ3v) is 2.43. The first-order valence-corrected chi connectivity index (χ1v) is 5.87. The lowest BCUT2D eigenvalue weighted by atomic mass is 10.3. The smallest absolute Gasteiger partial charge is 0.228 e. The molecule has 0 aliphatic heterocycles. The minimum absolute atomic E-state index is 0.162. The summed E-state index contributed by atoms with van der Waals surface area (Å²) in [6.07, 6.45) is 2.70. The fourth-order valence-electron chi connectivity index (χ4n) is 1.44. The summed E-state index contributed by atoms with van der Waals surface area (Å²) in [7, 11) is 3.62. The predicted molar refractivity (Wildman–Crippen MR) is 69.8 cm³/mol. The summed E-state index contributed by atoms with van der Waals surface area (Å²) in [4.78, 5) is 12.0. The second-order valence-electron chi connectivity index (χ2n) is 3.66. The maximum atomic E-state index is 5.77. The first kappa shape index (κ1) is 12.6. The molecule has 0 amide bonds. The molecule has 0 saturated carbocycles. The lowest BCUT2D eigenvalue weighted by Gasteiger charge is -2.05. The van der Waals surface area contributed by atoms with Crippen LogP contribution in [0.5, 0.6) is 0 Å². The Morgan fingerprint density at radius 3 is 2.72 bits per heavy atom. The normalized spacial score (nSPS) is 10.4. The first-order chi connectivity index (χ1) is 8.67. The van der Waals surface area contributed by atoms with Crippen LogP contribution in [0.3, 0.4) is 0 Å². The Morgan fingerprint density at radius 1 is 1.28 bits per heavy atom. The SMILES string of the molecule is CNc1nc(Cl)nc(NCCc2ccn(C)n2)n1. The standard InChI is InChI=1S/C10H14ClN7/c1-12-9-14-8(11)15-10(16-9)13-5-3-7-4-6-18(2)17-7/h4,6H,3,5H2,1-2H3,(H2,12,13,14,15,16). The van der Waals surface area contributed by atoms with E-state index in [-0.39, 0.29) is 5.28 Å². The number of nitrogens with zero attached hydrogens (tertiary/aromatic N) is 5. The van der Waals surface area contributed by atoms with Gasteiger partial charge in [-0.2, -0.15) is 20.1 Å². The number of anilines is 2. The fraction of sp³-hybridized carbons (Fsp3) is 0.400. The summed E-state index contributed by atoms with van der Waals surface area (Å²) < 4.78 is 1.77. The van der Waals surface area contributed by atoms with Gasteiger partial charge in [0.15, 0.2) is 0 Å². The van der Waals surface area contributed by atoms with Crippen LogP contribution in [0.4, 0.5) is 11.9 Å². The van der Waals surface area contributed by atoms with Crippen molar-refractivity contribution < 1.29 is 0 Å². The number of hydrogen-bond donors (Lipinski definition) is 2. The van der Waals surface area contributed by atoms with Crippen molar-refractivity contribution >= 4 is 23.5 Å². The second-order valence-corrected chi connectivity index (χ2v) is 4.00. The molecule has 2 aromatic rings. The predicted octanol–water partition coefficient (Wildman–Crippen LogP) is 0.955. The average Bonchev–Trinajstić information content (AvgIpc) is 2.74. The van der Waals surface area contributed by atoms with E-state index in [1.54, 1.807) is 11.7 Å². The van der Waals surface area contributed by atoms with Crippen molar-refractivity contribution in [2.45, 2.75) is 6.42 Å². The summed E-state index contributed by atoms with van der Waals surface area (Å²) in [5, 5.41) is 10.3. The number of aromatic nitrogens is 5. The van der Waals surface area contributed by atoms with E-state index in [9.17, 15) is 0 Å². The van der Waals surface area contributed by atoms with Gasteiger partial charge < -0.3 is 10.6 Å². The van der Waals surface area contributed by atoms with Gasteiger partial charge in [0, 0.05) is 33.3 Å². The monoisotopic (exact) mass is 267 g/mol. The number of rotatable bonds is 5. The quantitative estimate of drug-likeness (QED) is 0.840. The molecule has 2 heterocycles. The van der Waals surface area contributed by atoms with Crippen molar-refractivity contribution in [2.24, 2.45) is 7.05 Å².